The van der Waals surface area contributed by atoms with Crippen molar-refractivity contribution in [3.8, 4) is 17.2 Å². The molecule has 0 aliphatic carbocycles. The van der Waals surface area contributed by atoms with Crippen molar-refractivity contribution >= 4 is 23.4 Å². The van der Waals surface area contributed by atoms with E-state index in [0.29, 0.717) is 53.2 Å². The molecule has 4 rings (SSSR count). The van der Waals surface area contributed by atoms with E-state index < -0.39 is 11.8 Å². The number of ether oxygens (including phenoxy) is 3. The van der Waals surface area contributed by atoms with Gasteiger partial charge in [-0.3, -0.25) is 20.4 Å². The highest BCUT2D eigenvalue weighted by Gasteiger charge is 2.15. The first-order chi connectivity index (χ1) is 15.1. The summed E-state index contributed by atoms with van der Waals surface area (Å²) in [7, 11) is 0. The van der Waals surface area contributed by atoms with Crippen LogP contribution in [0.5, 0.6) is 17.2 Å². The minimum atomic E-state index is -0.460. The Morgan fingerprint density at radius 2 is 1.42 bits per heavy atom. The van der Waals surface area contributed by atoms with Crippen molar-refractivity contribution in [3.05, 3.63) is 88.4 Å². The van der Waals surface area contributed by atoms with E-state index in [0.717, 1.165) is 5.56 Å². The average molecular weight is 439 g/mol. The Bertz CT molecular complexity index is 1080. The molecule has 3 aromatic carbocycles. The standard InChI is InChI=1S/C23H19ClN2O5/c24-18-6-8-19(9-7-18)31-14-15-1-3-16(4-2-15)22(27)25-26-23(28)17-5-10-20-21(13-17)30-12-11-29-20/h1-10,13H,11-12,14H2,(H,25,27)(H,26,28). The van der Waals surface area contributed by atoms with E-state index in [1.807, 2.05) is 0 Å². The smallest absolute Gasteiger partial charge is 0.269 e. The van der Waals surface area contributed by atoms with Gasteiger partial charge in [-0.25, -0.2) is 0 Å². The van der Waals surface area contributed by atoms with Gasteiger partial charge >= 0.3 is 0 Å². The second-order valence-electron chi connectivity index (χ2n) is 6.71. The third kappa shape index (κ3) is 5.26. The van der Waals surface area contributed by atoms with Gasteiger partial charge in [0.05, 0.1) is 0 Å². The molecule has 7 nitrogen and oxygen atoms in total. The number of carbonyl (C=O) groups excluding carboxylic acids is 2. The van der Waals surface area contributed by atoms with Gasteiger partial charge < -0.3 is 14.2 Å². The molecule has 31 heavy (non-hydrogen) atoms. The van der Waals surface area contributed by atoms with E-state index in [-0.39, 0.29) is 0 Å². The zero-order chi connectivity index (χ0) is 21.6. The van der Waals surface area contributed by atoms with Crippen LogP contribution in [0.2, 0.25) is 5.02 Å². The predicted molar refractivity (Wildman–Crippen MR) is 115 cm³/mol. The van der Waals surface area contributed by atoms with Crippen LogP contribution in [0.25, 0.3) is 0 Å². The van der Waals surface area contributed by atoms with Gasteiger partial charge in [0.2, 0.25) is 0 Å². The van der Waals surface area contributed by atoms with Crippen LogP contribution in [0.1, 0.15) is 26.3 Å². The number of amides is 2. The van der Waals surface area contributed by atoms with Crippen molar-refractivity contribution in [2.45, 2.75) is 6.61 Å². The maximum absolute atomic E-state index is 12.3. The van der Waals surface area contributed by atoms with Crippen LogP contribution in [-0.4, -0.2) is 25.0 Å². The summed E-state index contributed by atoms with van der Waals surface area (Å²) < 4.78 is 16.6. The zero-order valence-corrected chi connectivity index (χ0v) is 17.1. The highest BCUT2D eigenvalue weighted by molar-refractivity contribution is 6.30. The topological polar surface area (TPSA) is 85.9 Å². The van der Waals surface area contributed by atoms with Gasteiger partial charge in [0.15, 0.2) is 11.5 Å². The Labute approximate surface area is 183 Å². The molecule has 0 saturated carbocycles. The summed E-state index contributed by atoms with van der Waals surface area (Å²) in [5, 5.41) is 0.642. The maximum Gasteiger partial charge on any atom is 0.269 e. The predicted octanol–water partition coefficient (Wildman–Crippen LogP) is 3.77. The fourth-order valence-corrected chi connectivity index (χ4v) is 3.02. The fraction of sp³-hybridized carbons (Fsp3) is 0.130. The molecule has 0 radical (unpaired) electrons. The summed E-state index contributed by atoms with van der Waals surface area (Å²) in [5.41, 5.74) is 6.45. The molecule has 2 N–H and O–H groups in total. The SMILES string of the molecule is O=C(NNC(=O)c1ccc2c(c1)OCCO2)c1ccc(COc2ccc(Cl)cc2)cc1. The molecule has 0 saturated heterocycles. The second kappa shape index (κ2) is 9.40. The molecule has 0 fully saturated rings. The molecule has 0 spiro atoms. The third-order valence-electron chi connectivity index (χ3n) is 4.53. The van der Waals surface area contributed by atoms with E-state index in [4.69, 9.17) is 25.8 Å². The molecule has 0 bridgehead atoms. The van der Waals surface area contributed by atoms with Crippen molar-refractivity contribution in [1.29, 1.82) is 0 Å². The summed E-state index contributed by atoms with van der Waals surface area (Å²) in [6.07, 6.45) is 0. The van der Waals surface area contributed by atoms with Crippen LogP contribution in [0.4, 0.5) is 0 Å². The molecular weight excluding hydrogens is 420 g/mol. The Morgan fingerprint density at radius 3 is 2.13 bits per heavy atom. The number of fused-ring (bicyclic) bond motifs is 1. The van der Waals surface area contributed by atoms with Crippen LogP contribution < -0.4 is 25.1 Å². The molecule has 2 amide bonds. The summed E-state index contributed by atoms with van der Waals surface area (Å²) in [6, 6.07) is 18.8. The molecule has 0 aromatic heterocycles. The van der Waals surface area contributed by atoms with Crippen molar-refractivity contribution in [2.24, 2.45) is 0 Å². The number of hydrogen-bond acceptors (Lipinski definition) is 5. The molecule has 0 atom stereocenters. The lowest BCUT2D eigenvalue weighted by molar-refractivity contribution is 0.0846. The third-order valence-corrected chi connectivity index (χ3v) is 4.78. The number of rotatable bonds is 5. The Hall–Kier alpha value is -3.71. The van der Waals surface area contributed by atoms with Gasteiger partial charge in [0.25, 0.3) is 11.8 Å². The Kier molecular flexibility index (Phi) is 6.24. The first-order valence-corrected chi connectivity index (χ1v) is 9.94. The van der Waals surface area contributed by atoms with Crippen molar-refractivity contribution in [1.82, 2.24) is 10.9 Å². The number of benzene rings is 3. The molecule has 1 aliphatic heterocycles. The van der Waals surface area contributed by atoms with E-state index in [1.165, 1.54) is 0 Å². The second-order valence-corrected chi connectivity index (χ2v) is 7.14. The fourth-order valence-electron chi connectivity index (χ4n) is 2.89. The summed E-state index contributed by atoms with van der Waals surface area (Å²) in [4.78, 5) is 24.6. The highest BCUT2D eigenvalue weighted by Crippen LogP contribution is 2.30. The van der Waals surface area contributed by atoms with E-state index in [2.05, 4.69) is 10.9 Å². The van der Waals surface area contributed by atoms with E-state index >= 15 is 0 Å². The number of halogens is 1. The van der Waals surface area contributed by atoms with Crippen LogP contribution in [0.3, 0.4) is 0 Å². The molecule has 1 aliphatic rings. The van der Waals surface area contributed by atoms with E-state index in [9.17, 15) is 9.59 Å². The van der Waals surface area contributed by atoms with Crippen LogP contribution >= 0.6 is 11.6 Å². The van der Waals surface area contributed by atoms with Gasteiger partial charge in [-0.1, -0.05) is 23.7 Å². The number of nitrogens with one attached hydrogen (secondary N) is 2. The van der Waals surface area contributed by atoms with Gasteiger partial charge in [0.1, 0.15) is 25.6 Å². The highest BCUT2D eigenvalue weighted by atomic mass is 35.5. The van der Waals surface area contributed by atoms with Crippen molar-refractivity contribution in [2.75, 3.05) is 13.2 Å². The normalized spacial score (nSPS) is 12.0. The number of hydrazine groups is 1. The van der Waals surface area contributed by atoms with Gasteiger partial charge in [-0.05, 0) is 60.2 Å². The molecular formula is C23H19ClN2O5. The summed E-state index contributed by atoms with van der Waals surface area (Å²) >= 11 is 5.85. The first-order valence-electron chi connectivity index (χ1n) is 9.56. The molecule has 1 heterocycles. The Balaban J connectivity index is 1.29. The zero-order valence-electron chi connectivity index (χ0n) is 16.4. The summed E-state index contributed by atoms with van der Waals surface area (Å²) in [5.74, 6) is 0.899. The van der Waals surface area contributed by atoms with Crippen molar-refractivity contribution < 1.29 is 23.8 Å². The summed E-state index contributed by atoms with van der Waals surface area (Å²) in [6.45, 7) is 1.25. The number of hydrogen-bond donors (Lipinski definition) is 2. The molecule has 8 heteroatoms. The minimum Gasteiger partial charge on any atom is -0.489 e. The Morgan fingerprint density at radius 1 is 0.806 bits per heavy atom. The minimum absolute atomic E-state index is 0.347. The van der Waals surface area contributed by atoms with Gasteiger partial charge in [-0.15, -0.1) is 0 Å². The van der Waals surface area contributed by atoms with Gasteiger partial charge in [-0.2, -0.15) is 0 Å². The molecule has 3 aromatic rings. The maximum atomic E-state index is 12.3. The lowest BCUT2D eigenvalue weighted by atomic mass is 10.1. The van der Waals surface area contributed by atoms with Crippen molar-refractivity contribution in [3.63, 3.8) is 0 Å². The van der Waals surface area contributed by atoms with Crippen LogP contribution in [0, 0.1) is 0 Å². The van der Waals surface area contributed by atoms with Crippen LogP contribution in [-0.2, 0) is 6.61 Å². The first kappa shape index (κ1) is 20.6. The van der Waals surface area contributed by atoms with E-state index in [1.54, 1.807) is 66.7 Å². The number of carbonyl (C=O) groups is 2. The quantitative estimate of drug-likeness (QED) is 0.592. The lowest BCUT2D eigenvalue weighted by Crippen LogP contribution is -2.41. The van der Waals surface area contributed by atoms with Crippen LogP contribution in [0.15, 0.2) is 66.7 Å². The van der Waals surface area contributed by atoms with Gasteiger partial charge in [0, 0.05) is 16.1 Å². The monoisotopic (exact) mass is 438 g/mol. The average Bonchev–Trinajstić information content (AvgIpc) is 2.82. The lowest BCUT2D eigenvalue weighted by Gasteiger charge is -2.18. The molecule has 0 unspecified atom stereocenters. The largest absolute Gasteiger partial charge is 0.489 e. The molecule has 158 valence electrons.